The number of hydrogen-bond donors (Lipinski definition) is 1. The van der Waals surface area contributed by atoms with E-state index in [1.165, 1.54) is 18.2 Å². The minimum Gasteiger partial charge on any atom is -0.468 e. The molecule has 1 fully saturated rings. The number of esters is 1. The first-order valence-electron chi connectivity index (χ1n) is 6.53. The van der Waals surface area contributed by atoms with Crippen molar-refractivity contribution in [3.63, 3.8) is 0 Å². The van der Waals surface area contributed by atoms with E-state index in [9.17, 15) is 4.79 Å². The molecule has 3 heteroatoms. The van der Waals surface area contributed by atoms with Gasteiger partial charge in [-0.15, -0.1) is 0 Å². The summed E-state index contributed by atoms with van der Waals surface area (Å²) < 4.78 is 4.88. The quantitative estimate of drug-likeness (QED) is 0.813. The molecule has 1 aliphatic rings. The summed E-state index contributed by atoms with van der Waals surface area (Å²) >= 11 is 0. The number of benzene rings is 1. The van der Waals surface area contributed by atoms with E-state index < -0.39 is 0 Å². The number of carbonyl (C=O) groups is 1. The summed E-state index contributed by atoms with van der Waals surface area (Å²) in [6.45, 7) is 4.19. The van der Waals surface area contributed by atoms with Gasteiger partial charge in [0.15, 0.2) is 0 Å². The van der Waals surface area contributed by atoms with Crippen LogP contribution in [0.15, 0.2) is 24.3 Å². The van der Waals surface area contributed by atoms with E-state index in [0.29, 0.717) is 5.92 Å². The molecule has 0 heterocycles. The highest BCUT2D eigenvalue weighted by Gasteiger charge is 2.37. The Morgan fingerprint density at radius 3 is 2.61 bits per heavy atom. The maximum absolute atomic E-state index is 11.8. The number of rotatable bonds is 5. The zero-order valence-corrected chi connectivity index (χ0v) is 11.3. The number of ether oxygens (including phenoxy) is 1. The smallest absolute Gasteiger partial charge is 0.323 e. The van der Waals surface area contributed by atoms with E-state index in [4.69, 9.17) is 4.74 Å². The Balaban J connectivity index is 2.07. The molecule has 0 spiro atoms. The van der Waals surface area contributed by atoms with E-state index in [-0.39, 0.29) is 18.1 Å². The van der Waals surface area contributed by atoms with Gasteiger partial charge in [-0.3, -0.25) is 10.1 Å². The van der Waals surface area contributed by atoms with Crippen molar-refractivity contribution in [2.24, 2.45) is 5.92 Å². The molecule has 1 saturated carbocycles. The number of carbonyl (C=O) groups excluding carboxylic acids is 1. The SMILES string of the molecule is COC(=O)C(NC(C)c1ccccc1C)C1CC1. The predicted molar refractivity (Wildman–Crippen MR) is 71.3 cm³/mol. The van der Waals surface area contributed by atoms with Gasteiger partial charge in [0.25, 0.3) is 0 Å². The molecular weight excluding hydrogens is 226 g/mol. The van der Waals surface area contributed by atoms with Gasteiger partial charge in [-0.05, 0) is 43.7 Å². The van der Waals surface area contributed by atoms with Crippen LogP contribution in [0.2, 0.25) is 0 Å². The van der Waals surface area contributed by atoms with E-state index >= 15 is 0 Å². The van der Waals surface area contributed by atoms with Crippen molar-refractivity contribution in [1.29, 1.82) is 0 Å². The molecule has 18 heavy (non-hydrogen) atoms. The monoisotopic (exact) mass is 247 g/mol. The average Bonchev–Trinajstić information content (AvgIpc) is 3.19. The third-order valence-electron chi connectivity index (χ3n) is 3.63. The van der Waals surface area contributed by atoms with Crippen LogP contribution in [0, 0.1) is 12.8 Å². The van der Waals surface area contributed by atoms with Gasteiger partial charge in [0, 0.05) is 6.04 Å². The highest BCUT2D eigenvalue weighted by Crippen LogP contribution is 2.34. The maximum atomic E-state index is 11.8. The number of hydrogen-bond acceptors (Lipinski definition) is 3. The van der Waals surface area contributed by atoms with Crippen molar-refractivity contribution >= 4 is 5.97 Å². The Bertz CT molecular complexity index is 426. The molecule has 3 nitrogen and oxygen atoms in total. The molecule has 0 saturated heterocycles. The van der Waals surface area contributed by atoms with Crippen LogP contribution in [0.4, 0.5) is 0 Å². The molecule has 2 rings (SSSR count). The minimum atomic E-state index is -0.162. The van der Waals surface area contributed by atoms with E-state index in [2.05, 4.69) is 31.3 Å². The lowest BCUT2D eigenvalue weighted by molar-refractivity contribution is -0.144. The first kappa shape index (κ1) is 13.1. The summed E-state index contributed by atoms with van der Waals surface area (Å²) in [5, 5.41) is 3.41. The van der Waals surface area contributed by atoms with Gasteiger partial charge in [0.1, 0.15) is 6.04 Å². The van der Waals surface area contributed by atoms with Crippen LogP contribution < -0.4 is 5.32 Å². The van der Waals surface area contributed by atoms with Crippen LogP contribution in [0.1, 0.15) is 36.9 Å². The summed E-state index contributed by atoms with van der Waals surface area (Å²) in [6.07, 6.45) is 2.24. The van der Waals surface area contributed by atoms with Gasteiger partial charge in [0.2, 0.25) is 0 Å². The van der Waals surface area contributed by atoms with Gasteiger partial charge in [-0.25, -0.2) is 0 Å². The molecule has 1 aliphatic carbocycles. The summed E-state index contributed by atoms with van der Waals surface area (Å²) in [4.78, 5) is 11.8. The highest BCUT2D eigenvalue weighted by atomic mass is 16.5. The van der Waals surface area contributed by atoms with E-state index in [1.54, 1.807) is 0 Å². The number of methoxy groups -OCH3 is 1. The third kappa shape index (κ3) is 2.91. The van der Waals surface area contributed by atoms with Crippen LogP contribution >= 0.6 is 0 Å². The molecule has 0 bridgehead atoms. The van der Waals surface area contributed by atoms with Crippen LogP contribution in [0.25, 0.3) is 0 Å². The van der Waals surface area contributed by atoms with Gasteiger partial charge in [-0.2, -0.15) is 0 Å². The summed E-state index contributed by atoms with van der Waals surface area (Å²) in [5.41, 5.74) is 2.49. The van der Waals surface area contributed by atoms with Crippen molar-refractivity contribution in [3.05, 3.63) is 35.4 Å². The third-order valence-corrected chi connectivity index (χ3v) is 3.63. The lowest BCUT2D eigenvalue weighted by Gasteiger charge is -2.22. The zero-order valence-electron chi connectivity index (χ0n) is 11.3. The Morgan fingerprint density at radius 2 is 2.06 bits per heavy atom. The normalized spacial score (nSPS) is 18.2. The molecule has 1 aromatic carbocycles. The van der Waals surface area contributed by atoms with E-state index in [0.717, 1.165) is 12.8 Å². The number of aryl methyl sites for hydroxylation is 1. The molecule has 1 aromatic rings. The second-order valence-electron chi connectivity index (χ2n) is 5.08. The first-order valence-corrected chi connectivity index (χ1v) is 6.53. The maximum Gasteiger partial charge on any atom is 0.323 e. The molecule has 2 atom stereocenters. The molecule has 0 radical (unpaired) electrons. The second kappa shape index (κ2) is 5.53. The highest BCUT2D eigenvalue weighted by molar-refractivity contribution is 5.76. The first-order chi connectivity index (χ1) is 8.63. The zero-order chi connectivity index (χ0) is 13.1. The molecule has 0 aliphatic heterocycles. The van der Waals surface area contributed by atoms with Crippen molar-refractivity contribution in [3.8, 4) is 0 Å². The molecular formula is C15H21NO2. The summed E-state index contributed by atoms with van der Waals surface area (Å²) in [7, 11) is 1.46. The largest absolute Gasteiger partial charge is 0.468 e. The van der Waals surface area contributed by atoms with Crippen molar-refractivity contribution in [2.75, 3.05) is 7.11 Å². The van der Waals surface area contributed by atoms with Gasteiger partial charge >= 0.3 is 5.97 Å². The van der Waals surface area contributed by atoms with E-state index in [1.807, 2.05) is 12.1 Å². The van der Waals surface area contributed by atoms with Crippen LogP contribution in [-0.2, 0) is 9.53 Å². The van der Waals surface area contributed by atoms with Crippen LogP contribution in [0.5, 0.6) is 0 Å². The van der Waals surface area contributed by atoms with Gasteiger partial charge in [-0.1, -0.05) is 24.3 Å². The predicted octanol–water partition coefficient (Wildman–Crippen LogP) is 2.60. The standard InChI is InChI=1S/C15H21NO2/c1-10-6-4-5-7-13(10)11(2)16-14(12-8-9-12)15(17)18-3/h4-7,11-12,14,16H,8-9H2,1-3H3. The van der Waals surface area contributed by atoms with Crippen molar-refractivity contribution in [2.45, 2.75) is 38.8 Å². The summed E-state index contributed by atoms with van der Waals surface area (Å²) in [6, 6.07) is 8.27. The Labute approximate surface area is 109 Å². The summed E-state index contributed by atoms with van der Waals surface area (Å²) in [5.74, 6) is 0.307. The van der Waals surface area contributed by atoms with Crippen molar-refractivity contribution < 1.29 is 9.53 Å². The Morgan fingerprint density at radius 1 is 1.39 bits per heavy atom. The van der Waals surface area contributed by atoms with Crippen molar-refractivity contribution in [1.82, 2.24) is 5.32 Å². The topological polar surface area (TPSA) is 38.3 Å². The second-order valence-corrected chi connectivity index (χ2v) is 5.08. The fraction of sp³-hybridized carbons (Fsp3) is 0.533. The Hall–Kier alpha value is -1.35. The molecule has 2 unspecified atom stereocenters. The lowest BCUT2D eigenvalue weighted by Crippen LogP contribution is -2.41. The Kier molecular flexibility index (Phi) is 4.02. The fourth-order valence-electron chi connectivity index (χ4n) is 2.38. The van der Waals surface area contributed by atoms with Gasteiger partial charge in [0.05, 0.1) is 7.11 Å². The molecule has 98 valence electrons. The average molecular weight is 247 g/mol. The van der Waals surface area contributed by atoms with Gasteiger partial charge < -0.3 is 4.74 Å². The fourth-order valence-corrected chi connectivity index (χ4v) is 2.38. The number of nitrogens with one attached hydrogen (secondary N) is 1. The van der Waals surface area contributed by atoms with Crippen LogP contribution in [0.3, 0.4) is 0 Å². The molecule has 0 aromatic heterocycles. The molecule has 1 N–H and O–H groups in total. The van der Waals surface area contributed by atoms with Crippen LogP contribution in [-0.4, -0.2) is 19.1 Å². The minimum absolute atomic E-state index is 0.141. The lowest BCUT2D eigenvalue weighted by atomic mass is 10.0. The molecule has 0 amide bonds.